The first-order valence-corrected chi connectivity index (χ1v) is 6.36. The summed E-state index contributed by atoms with van der Waals surface area (Å²) in [5.41, 5.74) is 1.70. The van der Waals surface area contributed by atoms with E-state index in [4.69, 9.17) is 4.74 Å². The van der Waals surface area contributed by atoms with Gasteiger partial charge in [0, 0.05) is 5.56 Å². The molecule has 0 amide bonds. The summed E-state index contributed by atoms with van der Waals surface area (Å²) in [5, 5.41) is 9.60. The van der Waals surface area contributed by atoms with Gasteiger partial charge in [-0.05, 0) is 42.0 Å². The van der Waals surface area contributed by atoms with Crippen molar-refractivity contribution in [2.45, 2.75) is 0 Å². The minimum atomic E-state index is 0.227. The summed E-state index contributed by atoms with van der Waals surface area (Å²) < 4.78 is 5.89. The van der Waals surface area contributed by atoms with Gasteiger partial charge in [0.25, 0.3) is 0 Å². The highest BCUT2D eigenvalue weighted by Gasteiger charge is 2.07. The first-order valence-electron chi connectivity index (χ1n) is 6.36. The molecule has 0 aromatic heterocycles. The molecule has 1 radical (unpaired) electrons. The van der Waals surface area contributed by atoms with E-state index in [0.717, 1.165) is 16.9 Å². The van der Waals surface area contributed by atoms with Crippen molar-refractivity contribution in [2.75, 3.05) is 0 Å². The summed E-state index contributed by atoms with van der Waals surface area (Å²) in [4.78, 5) is 0. The van der Waals surface area contributed by atoms with E-state index in [1.807, 2.05) is 54.6 Å². The molecule has 2 nitrogen and oxygen atoms in total. The fourth-order valence-corrected chi connectivity index (χ4v) is 2.01. The lowest BCUT2D eigenvalue weighted by Gasteiger charge is -2.11. The van der Waals surface area contributed by atoms with Crippen LogP contribution in [0, 0.1) is 6.07 Å². The molecule has 0 spiro atoms. The third-order valence-electron chi connectivity index (χ3n) is 2.92. The summed E-state index contributed by atoms with van der Waals surface area (Å²) in [6.45, 7) is 0. The van der Waals surface area contributed by atoms with Crippen molar-refractivity contribution in [2.24, 2.45) is 0 Å². The van der Waals surface area contributed by atoms with Gasteiger partial charge in [-0.1, -0.05) is 42.5 Å². The van der Waals surface area contributed by atoms with E-state index in [1.54, 1.807) is 18.2 Å². The highest BCUT2D eigenvalue weighted by Crippen LogP contribution is 2.33. The van der Waals surface area contributed by atoms with E-state index >= 15 is 0 Å². The topological polar surface area (TPSA) is 29.5 Å². The molecule has 2 heteroatoms. The summed E-state index contributed by atoms with van der Waals surface area (Å²) in [7, 11) is 0. The van der Waals surface area contributed by atoms with Gasteiger partial charge in [-0.3, -0.25) is 0 Å². The molecule has 0 aliphatic heterocycles. The zero-order valence-corrected chi connectivity index (χ0v) is 10.8. The molecule has 0 atom stereocenters. The third-order valence-corrected chi connectivity index (χ3v) is 2.92. The molecule has 0 saturated heterocycles. The summed E-state index contributed by atoms with van der Waals surface area (Å²) in [5.74, 6) is 1.71. The van der Waals surface area contributed by atoms with Gasteiger partial charge >= 0.3 is 0 Å². The van der Waals surface area contributed by atoms with E-state index in [1.165, 1.54) is 0 Å². The van der Waals surface area contributed by atoms with Crippen LogP contribution in [0.5, 0.6) is 17.2 Å². The maximum atomic E-state index is 9.60. The largest absolute Gasteiger partial charge is 0.508 e. The smallest absolute Gasteiger partial charge is 0.135 e. The van der Waals surface area contributed by atoms with E-state index in [9.17, 15) is 5.11 Å². The van der Waals surface area contributed by atoms with Crippen molar-refractivity contribution >= 4 is 0 Å². The highest BCUT2D eigenvalue weighted by molar-refractivity contribution is 5.71. The van der Waals surface area contributed by atoms with E-state index in [0.29, 0.717) is 5.75 Å². The fourth-order valence-electron chi connectivity index (χ4n) is 2.01. The van der Waals surface area contributed by atoms with Crippen molar-refractivity contribution < 1.29 is 9.84 Å². The normalized spacial score (nSPS) is 10.2. The lowest BCUT2D eigenvalue weighted by molar-refractivity contribution is 0.475. The Morgan fingerprint density at radius 3 is 2.50 bits per heavy atom. The number of phenols is 1. The van der Waals surface area contributed by atoms with Crippen LogP contribution >= 0.6 is 0 Å². The predicted molar refractivity (Wildman–Crippen MR) is 78.9 cm³/mol. The first-order chi connectivity index (χ1) is 9.83. The molecular weight excluding hydrogens is 248 g/mol. The van der Waals surface area contributed by atoms with Crippen LogP contribution in [-0.2, 0) is 0 Å². The fraction of sp³-hybridized carbons (Fsp3) is 0. The Morgan fingerprint density at radius 1 is 0.850 bits per heavy atom. The van der Waals surface area contributed by atoms with Gasteiger partial charge in [-0.15, -0.1) is 0 Å². The van der Waals surface area contributed by atoms with Gasteiger partial charge < -0.3 is 9.84 Å². The van der Waals surface area contributed by atoms with Gasteiger partial charge in [0.2, 0.25) is 0 Å². The maximum absolute atomic E-state index is 9.60. The molecule has 3 aromatic carbocycles. The molecular formula is C18H13O2. The predicted octanol–water partition coefficient (Wildman–Crippen LogP) is 4.65. The third kappa shape index (κ3) is 2.64. The number of hydrogen-bond donors (Lipinski definition) is 1. The number of para-hydroxylation sites is 1. The average Bonchev–Trinajstić information content (AvgIpc) is 2.49. The molecule has 0 saturated carbocycles. The highest BCUT2D eigenvalue weighted by atomic mass is 16.5. The number of hydrogen-bond acceptors (Lipinski definition) is 2. The lowest BCUT2D eigenvalue weighted by Crippen LogP contribution is -1.88. The van der Waals surface area contributed by atoms with E-state index in [-0.39, 0.29) is 5.75 Å². The second-order valence-electron chi connectivity index (χ2n) is 4.37. The lowest BCUT2D eigenvalue weighted by atomic mass is 10.0. The second-order valence-corrected chi connectivity index (χ2v) is 4.37. The monoisotopic (exact) mass is 261 g/mol. The molecule has 3 rings (SSSR count). The molecule has 0 unspecified atom stereocenters. The molecule has 20 heavy (non-hydrogen) atoms. The number of benzene rings is 3. The van der Waals surface area contributed by atoms with Crippen LogP contribution in [0.25, 0.3) is 11.1 Å². The summed E-state index contributed by atoms with van der Waals surface area (Å²) in [6.07, 6.45) is 0. The molecule has 0 heterocycles. The number of rotatable bonds is 3. The Morgan fingerprint density at radius 2 is 1.70 bits per heavy atom. The molecule has 0 aliphatic rings. The average molecular weight is 261 g/mol. The molecule has 3 aromatic rings. The molecule has 0 bridgehead atoms. The van der Waals surface area contributed by atoms with Crippen molar-refractivity contribution in [3.8, 4) is 28.4 Å². The quantitative estimate of drug-likeness (QED) is 0.743. The zero-order chi connectivity index (χ0) is 13.8. The van der Waals surface area contributed by atoms with Crippen LogP contribution in [0.3, 0.4) is 0 Å². The van der Waals surface area contributed by atoms with Crippen LogP contribution in [0.1, 0.15) is 0 Å². The molecule has 1 N–H and O–H groups in total. The summed E-state index contributed by atoms with van der Waals surface area (Å²) in [6, 6.07) is 25.4. The Bertz CT molecular complexity index is 705. The van der Waals surface area contributed by atoms with E-state index in [2.05, 4.69) is 6.07 Å². The van der Waals surface area contributed by atoms with Gasteiger partial charge in [-0.2, -0.15) is 0 Å². The second kappa shape index (κ2) is 5.49. The van der Waals surface area contributed by atoms with Crippen LogP contribution in [-0.4, -0.2) is 5.11 Å². The Kier molecular flexibility index (Phi) is 3.38. The van der Waals surface area contributed by atoms with Crippen LogP contribution in [0.2, 0.25) is 0 Å². The van der Waals surface area contributed by atoms with Gasteiger partial charge in [0.1, 0.15) is 17.2 Å². The molecule has 0 fully saturated rings. The standard InChI is InChI=1S/C18H13O2/c19-15-8-6-7-14(13-15)17-11-4-5-12-18(17)20-16-9-2-1-3-10-16/h1-10,12-13,19H. The minimum Gasteiger partial charge on any atom is -0.508 e. The Labute approximate surface area is 117 Å². The van der Waals surface area contributed by atoms with Crippen LogP contribution in [0.15, 0.2) is 72.8 Å². The number of aromatic hydroxyl groups is 1. The van der Waals surface area contributed by atoms with Crippen molar-refractivity contribution in [1.82, 2.24) is 0 Å². The Balaban J connectivity index is 2.00. The number of ether oxygens (including phenoxy) is 1. The van der Waals surface area contributed by atoms with E-state index < -0.39 is 0 Å². The van der Waals surface area contributed by atoms with Crippen molar-refractivity contribution in [3.05, 3.63) is 78.9 Å². The van der Waals surface area contributed by atoms with Crippen LogP contribution in [0.4, 0.5) is 0 Å². The Hall–Kier alpha value is -2.74. The van der Waals surface area contributed by atoms with Gasteiger partial charge in [0.15, 0.2) is 0 Å². The van der Waals surface area contributed by atoms with Crippen LogP contribution < -0.4 is 4.74 Å². The minimum absolute atomic E-state index is 0.227. The maximum Gasteiger partial charge on any atom is 0.135 e. The SMILES string of the molecule is Oc1cccc(-c2[c]cccc2Oc2ccccc2)c1. The summed E-state index contributed by atoms with van der Waals surface area (Å²) >= 11 is 0. The first kappa shape index (κ1) is 12.3. The van der Waals surface area contributed by atoms with Gasteiger partial charge in [-0.25, -0.2) is 0 Å². The van der Waals surface area contributed by atoms with Crippen molar-refractivity contribution in [3.63, 3.8) is 0 Å². The van der Waals surface area contributed by atoms with Gasteiger partial charge in [0.05, 0.1) is 0 Å². The zero-order valence-electron chi connectivity index (χ0n) is 10.8. The molecule has 0 aliphatic carbocycles. The van der Waals surface area contributed by atoms with Crippen molar-refractivity contribution in [1.29, 1.82) is 0 Å². The number of phenolic OH excluding ortho intramolecular Hbond substituents is 1. The molecule has 97 valence electrons.